The number of aromatic nitrogens is 2. The van der Waals surface area contributed by atoms with Gasteiger partial charge in [-0.25, -0.2) is 22.1 Å². The second kappa shape index (κ2) is 6.68. The smallest absolute Gasteiger partial charge is 0.211 e. The number of sulfonamides is 1. The largest absolute Gasteiger partial charge is 0.325 e. The minimum absolute atomic E-state index is 0.259. The number of hydrogen-bond acceptors (Lipinski definition) is 4. The van der Waals surface area contributed by atoms with Gasteiger partial charge in [0.15, 0.2) is 0 Å². The van der Waals surface area contributed by atoms with Gasteiger partial charge in [-0.05, 0) is 31.5 Å². The van der Waals surface area contributed by atoms with E-state index in [0.29, 0.717) is 25.9 Å². The predicted octanol–water partition coefficient (Wildman–Crippen LogP) is 2.28. The molecule has 2 aliphatic rings. The Morgan fingerprint density at radius 3 is 2.56 bits per heavy atom. The first-order valence-electron chi connectivity index (χ1n) is 9.37. The lowest BCUT2D eigenvalue weighted by atomic mass is 9.84. The van der Waals surface area contributed by atoms with Gasteiger partial charge in [-0.15, -0.1) is 0 Å². The third-order valence-corrected chi connectivity index (χ3v) is 7.29. The summed E-state index contributed by atoms with van der Waals surface area (Å²) >= 11 is 0. The minimum atomic E-state index is -3.18. The summed E-state index contributed by atoms with van der Waals surface area (Å²) in [5.74, 6) is 0.716. The van der Waals surface area contributed by atoms with Gasteiger partial charge in [-0.1, -0.05) is 19.1 Å². The van der Waals surface area contributed by atoms with Crippen molar-refractivity contribution in [2.24, 2.45) is 0 Å². The van der Waals surface area contributed by atoms with E-state index in [-0.39, 0.29) is 11.4 Å². The zero-order valence-electron chi connectivity index (χ0n) is 15.7. The first-order chi connectivity index (χ1) is 12.8. The molecule has 0 unspecified atom stereocenters. The molecule has 8 heteroatoms. The van der Waals surface area contributed by atoms with Crippen LogP contribution in [-0.2, 0) is 22.1 Å². The SMILES string of the molecule is CCN1CCn2c(-c3cccc(F)c3)cnc2C12CCN(S(C)(=O)=O)CC2. The van der Waals surface area contributed by atoms with E-state index in [1.54, 1.807) is 10.4 Å². The van der Waals surface area contributed by atoms with Crippen molar-refractivity contribution in [3.05, 3.63) is 42.1 Å². The molecule has 4 rings (SSSR count). The Hall–Kier alpha value is -1.77. The Kier molecular flexibility index (Phi) is 4.60. The topological polar surface area (TPSA) is 58.4 Å². The monoisotopic (exact) mass is 392 g/mol. The lowest BCUT2D eigenvalue weighted by molar-refractivity contribution is 0.0102. The summed E-state index contributed by atoms with van der Waals surface area (Å²) in [5, 5.41) is 0. The first kappa shape index (κ1) is 18.6. The van der Waals surface area contributed by atoms with Crippen LogP contribution in [0, 0.1) is 5.82 Å². The fraction of sp³-hybridized carbons (Fsp3) is 0.526. The third-order valence-electron chi connectivity index (χ3n) is 5.99. The number of hydrogen-bond donors (Lipinski definition) is 0. The third kappa shape index (κ3) is 3.09. The number of fused-ring (bicyclic) bond motifs is 2. The number of benzene rings is 1. The number of rotatable bonds is 3. The number of likely N-dealkylation sites (N-methyl/N-ethyl adjacent to an activating group) is 1. The van der Waals surface area contributed by atoms with Crippen LogP contribution >= 0.6 is 0 Å². The standard InChI is InChI=1S/C19H25FN4O2S/c1-3-22-11-12-24-17(15-5-4-6-16(20)13-15)14-21-18(24)19(22)7-9-23(10-8-19)27(2,25)26/h4-6,13-14H,3,7-12H2,1-2H3. The van der Waals surface area contributed by atoms with Gasteiger partial charge in [-0.2, -0.15) is 0 Å². The average molecular weight is 393 g/mol. The Morgan fingerprint density at radius 1 is 1.19 bits per heavy atom. The quantitative estimate of drug-likeness (QED) is 0.804. The van der Waals surface area contributed by atoms with Crippen LogP contribution in [0.15, 0.2) is 30.5 Å². The summed E-state index contributed by atoms with van der Waals surface area (Å²) < 4.78 is 41.3. The van der Waals surface area contributed by atoms with Gasteiger partial charge in [0, 0.05) is 31.7 Å². The van der Waals surface area contributed by atoms with E-state index in [4.69, 9.17) is 4.98 Å². The van der Waals surface area contributed by atoms with Crippen LogP contribution in [0.5, 0.6) is 0 Å². The van der Waals surface area contributed by atoms with Gasteiger partial charge in [0.1, 0.15) is 11.6 Å². The van der Waals surface area contributed by atoms with E-state index in [1.165, 1.54) is 18.4 Å². The summed E-state index contributed by atoms with van der Waals surface area (Å²) in [6.07, 6.45) is 4.53. The van der Waals surface area contributed by atoms with Crippen molar-refractivity contribution in [2.75, 3.05) is 32.4 Å². The van der Waals surface area contributed by atoms with Crippen molar-refractivity contribution < 1.29 is 12.8 Å². The molecule has 1 spiro atoms. The van der Waals surface area contributed by atoms with E-state index in [9.17, 15) is 12.8 Å². The van der Waals surface area contributed by atoms with Crippen molar-refractivity contribution in [3.8, 4) is 11.3 Å². The van der Waals surface area contributed by atoms with Crippen LogP contribution in [0.2, 0.25) is 0 Å². The van der Waals surface area contributed by atoms with Crippen molar-refractivity contribution in [1.29, 1.82) is 0 Å². The van der Waals surface area contributed by atoms with Crippen molar-refractivity contribution in [3.63, 3.8) is 0 Å². The Labute approximate surface area is 159 Å². The number of piperidine rings is 1. The molecule has 0 saturated carbocycles. The highest BCUT2D eigenvalue weighted by molar-refractivity contribution is 7.88. The molecule has 2 aliphatic heterocycles. The molecular weight excluding hydrogens is 367 g/mol. The normalized spacial score (nSPS) is 20.7. The van der Waals surface area contributed by atoms with Gasteiger partial charge in [0.25, 0.3) is 0 Å². The molecule has 27 heavy (non-hydrogen) atoms. The summed E-state index contributed by atoms with van der Waals surface area (Å²) in [7, 11) is -3.18. The fourth-order valence-corrected chi connectivity index (χ4v) is 5.46. The lowest BCUT2D eigenvalue weighted by Crippen LogP contribution is -2.58. The molecule has 0 amide bonds. The van der Waals surface area contributed by atoms with Gasteiger partial charge in [0.05, 0.1) is 23.7 Å². The van der Waals surface area contributed by atoms with Crippen LogP contribution in [0.1, 0.15) is 25.6 Å². The molecule has 0 bridgehead atoms. The highest BCUT2D eigenvalue weighted by atomic mass is 32.2. The fourth-order valence-electron chi connectivity index (χ4n) is 4.62. The van der Waals surface area contributed by atoms with E-state index in [0.717, 1.165) is 36.7 Å². The summed E-state index contributed by atoms with van der Waals surface area (Å²) in [6, 6.07) is 6.60. The number of imidazole rings is 1. The van der Waals surface area contributed by atoms with Crippen LogP contribution in [-0.4, -0.2) is 59.6 Å². The molecule has 146 valence electrons. The molecule has 6 nitrogen and oxygen atoms in total. The molecule has 1 fully saturated rings. The second-order valence-electron chi connectivity index (χ2n) is 7.40. The van der Waals surface area contributed by atoms with E-state index in [2.05, 4.69) is 16.4 Å². The molecule has 0 atom stereocenters. The minimum Gasteiger partial charge on any atom is -0.325 e. The number of halogens is 1. The second-order valence-corrected chi connectivity index (χ2v) is 9.38. The molecule has 3 heterocycles. The van der Waals surface area contributed by atoms with Gasteiger partial charge in [0.2, 0.25) is 10.0 Å². The maximum absolute atomic E-state index is 13.7. The van der Waals surface area contributed by atoms with E-state index >= 15 is 0 Å². The van der Waals surface area contributed by atoms with Crippen molar-refractivity contribution >= 4 is 10.0 Å². The highest BCUT2D eigenvalue weighted by Gasteiger charge is 2.47. The van der Waals surface area contributed by atoms with Gasteiger partial charge < -0.3 is 4.57 Å². The van der Waals surface area contributed by atoms with Crippen LogP contribution < -0.4 is 0 Å². The van der Waals surface area contributed by atoms with Crippen LogP contribution in [0.25, 0.3) is 11.3 Å². The first-order valence-corrected chi connectivity index (χ1v) is 11.2. The molecule has 0 aliphatic carbocycles. The zero-order valence-corrected chi connectivity index (χ0v) is 16.5. The Balaban J connectivity index is 1.74. The van der Waals surface area contributed by atoms with E-state index < -0.39 is 10.0 Å². The van der Waals surface area contributed by atoms with Crippen LogP contribution in [0.4, 0.5) is 4.39 Å². The predicted molar refractivity (Wildman–Crippen MR) is 102 cm³/mol. The Morgan fingerprint density at radius 2 is 1.93 bits per heavy atom. The molecule has 1 aromatic carbocycles. The van der Waals surface area contributed by atoms with Crippen LogP contribution in [0.3, 0.4) is 0 Å². The van der Waals surface area contributed by atoms with Gasteiger partial charge >= 0.3 is 0 Å². The molecule has 0 N–H and O–H groups in total. The van der Waals surface area contributed by atoms with Crippen molar-refractivity contribution in [2.45, 2.75) is 31.8 Å². The molecule has 2 aromatic rings. The molecule has 1 aromatic heterocycles. The number of nitrogens with zero attached hydrogens (tertiary/aromatic N) is 4. The summed E-state index contributed by atoms with van der Waals surface area (Å²) in [5.41, 5.74) is 1.48. The summed E-state index contributed by atoms with van der Waals surface area (Å²) in [4.78, 5) is 7.18. The zero-order chi connectivity index (χ0) is 19.2. The summed E-state index contributed by atoms with van der Waals surface area (Å²) in [6.45, 7) is 5.69. The Bertz CT molecular complexity index is 948. The lowest BCUT2D eigenvalue weighted by Gasteiger charge is -2.50. The highest BCUT2D eigenvalue weighted by Crippen LogP contribution is 2.42. The maximum atomic E-state index is 13.7. The van der Waals surface area contributed by atoms with E-state index in [1.807, 2.05) is 12.3 Å². The molecular formula is C19H25FN4O2S. The average Bonchev–Trinajstić information content (AvgIpc) is 3.07. The van der Waals surface area contributed by atoms with Gasteiger partial charge in [-0.3, -0.25) is 4.90 Å². The maximum Gasteiger partial charge on any atom is 0.211 e. The molecule has 1 saturated heterocycles. The molecule has 0 radical (unpaired) electrons. The van der Waals surface area contributed by atoms with Crippen molar-refractivity contribution in [1.82, 2.24) is 18.8 Å².